The lowest BCUT2D eigenvalue weighted by Crippen LogP contribution is -2.23. The first-order valence-corrected chi connectivity index (χ1v) is 7.65. The summed E-state index contributed by atoms with van der Waals surface area (Å²) >= 11 is 3.38. The van der Waals surface area contributed by atoms with Crippen LogP contribution in [0.2, 0.25) is 0 Å². The number of nitrogens with zero attached hydrogens (tertiary/aromatic N) is 1. The molecule has 110 valence electrons. The zero-order chi connectivity index (χ0) is 15.4. The van der Waals surface area contributed by atoms with E-state index in [9.17, 15) is 4.79 Å². The molecule has 3 aromatic rings. The van der Waals surface area contributed by atoms with E-state index in [4.69, 9.17) is 0 Å². The van der Waals surface area contributed by atoms with Crippen molar-refractivity contribution in [1.29, 1.82) is 0 Å². The fraction of sp³-hybridized carbons (Fsp3) is 0.0588. The minimum Gasteiger partial charge on any atom is -0.348 e. The molecule has 0 saturated heterocycles. The van der Waals surface area contributed by atoms with Crippen molar-refractivity contribution in [3.8, 4) is 11.3 Å². The zero-order valence-electron chi connectivity index (χ0n) is 11.7. The zero-order valence-corrected chi connectivity index (χ0v) is 13.3. The van der Waals surface area contributed by atoms with Gasteiger partial charge in [0.05, 0.1) is 11.3 Å². The van der Waals surface area contributed by atoms with Crippen molar-refractivity contribution in [2.24, 2.45) is 0 Å². The molecule has 0 aliphatic rings. The topological polar surface area (TPSA) is 57.8 Å². The summed E-state index contributed by atoms with van der Waals surface area (Å²) in [7, 11) is 0. The lowest BCUT2D eigenvalue weighted by atomic mass is 10.1. The van der Waals surface area contributed by atoms with Crippen molar-refractivity contribution in [3.05, 3.63) is 76.4 Å². The lowest BCUT2D eigenvalue weighted by Gasteiger charge is -2.07. The number of hydrogen-bond acceptors (Lipinski definition) is 2. The van der Waals surface area contributed by atoms with Gasteiger partial charge in [-0.1, -0.05) is 36.4 Å². The highest BCUT2D eigenvalue weighted by Crippen LogP contribution is 2.17. The average molecular weight is 356 g/mol. The monoisotopic (exact) mass is 355 g/mol. The lowest BCUT2D eigenvalue weighted by molar-refractivity contribution is 0.0950. The summed E-state index contributed by atoms with van der Waals surface area (Å²) in [5.74, 6) is -0.0925. The van der Waals surface area contributed by atoms with Gasteiger partial charge in [-0.2, -0.15) is 5.10 Å². The first-order valence-electron chi connectivity index (χ1n) is 6.85. The highest BCUT2D eigenvalue weighted by molar-refractivity contribution is 9.10. The van der Waals surface area contributed by atoms with Crippen LogP contribution >= 0.6 is 15.9 Å². The normalized spacial score (nSPS) is 10.4. The van der Waals surface area contributed by atoms with Crippen molar-refractivity contribution in [2.45, 2.75) is 6.54 Å². The third-order valence-corrected chi connectivity index (χ3v) is 4.03. The molecule has 0 aliphatic heterocycles. The van der Waals surface area contributed by atoms with Gasteiger partial charge < -0.3 is 5.32 Å². The Balaban J connectivity index is 1.64. The van der Waals surface area contributed by atoms with Crippen molar-refractivity contribution in [3.63, 3.8) is 0 Å². The van der Waals surface area contributed by atoms with Gasteiger partial charge in [-0.15, -0.1) is 0 Å². The molecule has 1 amide bonds. The smallest absolute Gasteiger partial charge is 0.252 e. The molecule has 0 radical (unpaired) electrons. The second kappa shape index (κ2) is 6.58. The molecular formula is C17H14BrN3O. The summed E-state index contributed by atoms with van der Waals surface area (Å²) in [5, 5.41) is 9.78. The number of carbonyl (C=O) groups is 1. The SMILES string of the molecule is O=C(NCc1ccc(-c2ccn[nH]2)cc1)c1ccccc1Br. The fourth-order valence-electron chi connectivity index (χ4n) is 2.14. The minimum absolute atomic E-state index is 0.0925. The van der Waals surface area contributed by atoms with Gasteiger partial charge in [-0.25, -0.2) is 0 Å². The van der Waals surface area contributed by atoms with Gasteiger partial charge in [0, 0.05) is 17.2 Å². The second-order valence-electron chi connectivity index (χ2n) is 4.83. The number of H-pyrrole nitrogens is 1. The summed E-state index contributed by atoms with van der Waals surface area (Å²) in [5.41, 5.74) is 3.72. The third-order valence-electron chi connectivity index (χ3n) is 3.34. The molecule has 1 heterocycles. The molecule has 2 N–H and O–H groups in total. The van der Waals surface area contributed by atoms with Crippen molar-refractivity contribution >= 4 is 21.8 Å². The molecule has 22 heavy (non-hydrogen) atoms. The van der Waals surface area contributed by atoms with Crippen LogP contribution in [0.3, 0.4) is 0 Å². The first kappa shape index (κ1) is 14.5. The van der Waals surface area contributed by atoms with E-state index < -0.39 is 0 Å². The predicted octanol–water partition coefficient (Wildman–Crippen LogP) is 3.77. The number of amides is 1. The Morgan fingerprint density at radius 3 is 2.55 bits per heavy atom. The maximum atomic E-state index is 12.1. The molecule has 4 nitrogen and oxygen atoms in total. The Labute approximate surface area is 136 Å². The van der Waals surface area contributed by atoms with E-state index in [0.717, 1.165) is 21.3 Å². The molecule has 2 aromatic carbocycles. The first-order chi connectivity index (χ1) is 10.7. The van der Waals surface area contributed by atoms with Crippen molar-refractivity contribution in [1.82, 2.24) is 15.5 Å². The van der Waals surface area contributed by atoms with Crippen LogP contribution in [0, 0.1) is 0 Å². The van der Waals surface area contributed by atoms with Gasteiger partial charge in [0.1, 0.15) is 0 Å². The maximum absolute atomic E-state index is 12.1. The highest BCUT2D eigenvalue weighted by atomic mass is 79.9. The van der Waals surface area contributed by atoms with E-state index >= 15 is 0 Å². The molecule has 0 bridgehead atoms. The Kier molecular flexibility index (Phi) is 4.34. The van der Waals surface area contributed by atoms with E-state index in [1.54, 1.807) is 12.3 Å². The van der Waals surface area contributed by atoms with Gasteiger partial charge in [-0.05, 0) is 45.3 Å². The number of hydrogen-bond donors (Lipinski definition) is 2. The molecule has 0 spiro atoms. The van der Waals surface area contributed by atoms with Crippen LogP contribution in [-0.2, 0) is 6.54 Å². The van der Waals surface area contributed by atoms with Gasteiger partial charge in [0.2, 0.25) is 0 Å². The summed E-state index contributed by atoms with van der Waals surface area (Å²) in [4.78, 5) is 12.1. The summed E-state index contributed by atoms with van der Waals surface area (Å²) < 4.78 is 0.794. The molecule has 0 unspecified atom stereocenters. The van der Waals surface area contributed by atoms with Gasteiger partial charge in [0.15, 0.2) is 0 Å². The number of aromatic amines is 1. The molecule has 0 fully saturated rings. The quantitative estimate of drug-likeness (QED) is 0.748. The van der Waals surface area contributed by atoms with Crippen molar-refractivity contribution < 1.29 is 4.79 Å². The van der Waals surface area contributed by atoms with Crippen molar-refractivity contribution in [2.75, 3.05) is 0 Å². The third kappa shape index (κ3) is 3.26. The Morgan fingerprint density at radius 1 is 1.09 bits per heavy atom. The number of halogens is 1. The summed E-state index contributed by atoms with van der Waals surface area (Å²) in [6.45, 7) is 0.490. The standard InChI is InChI=1S/C17H14BrN3O/c18-15-4-2-1-3-14(15)17(22)19-11-12-5-7-13(8-6-12)16-9-10-20-21-16/h1-10H,11H2,(H,19,22)(H,20,21). The van der Waals surface area contributed by atoms with Crippen LogP contribution in [0.25, 0.3) is 11.3 Å². The molecular weight excluding hydrogens is 342 g/mol. The number of nitrogens with one attached hydrogen (secondary N) is 2. The summed E-state index contributed by atoms with van der Waals surface area (Å²) in [6.07, 6.45) is 1.72. The number of rotatable bonds is 4. The number of benzene rings is 2. The maximum Gasteiger partial charge on any atom is 0.252 e. The fourth-order valence-corrected chi connectivity index (χ4v) is 2.61. The molecule has 5 heteroatoms. The Morgan fingerprint density at radius 2 is 1.86 bits per heavy atom. The predicted molar refractivity (Wildman–Crippen MR) is 89.3 cm³/mol. The number of carbonyl (C=O) groups excluding carboxylic acids is 1. The van der Waals surface area contributed by atoms with Gasteiger partial charge >= 0.3 is 0 Å². The Hall–Kier alpha value is -2.40. The van der Waals surface area contributed by atoms with E-state index in [-0.39, 0.29) is 5.91 Å². The van der Waals surface area contributed by atoms with Crippen LogP contribution in [0.4, 0.5) is 0 Å². The largest absolute Gasteiger partial charge is 0.348 e. The van der Waals surface area contributed by atoms with E-state index in [1.807, 2.05) is 48.5 Å². The second-order valence-corrected chi connectivity index (χ2v) is 5.68. The molecule has 0 atom stereocenters. The van der Waals surface area contributed by atoms with Gasteiger partial charge in [0.25, 0.3) is 5.91 Å². The van der Waals surface area contributed by atoms with E-state index in [1.165, 1.54) is 0 Å². The Bertz CT molecular complexity index is 767. The minimum atomic E-state index is -0.0925. The van der Waals surface area contributed by atoms with Crippen LogP contribution in [0.15, 0.2) is 65.3 Å². The van der Waals surface area contributed by atoms with Crippen LogP contribution in [-0.4, -0.2) is 16.1 Å². The van der Waals surface area contributed by atoms with E-state index in [2.05, 4.69) is 31.4 Å². The van der Waals surface area contributed by atoms with Crippen LogP contribution in [0.5, 0.6) is 0 Å². The highest BCUT2D eigenvalue weighted by Gasteiger charge is 2.08. The van der Waals surface area contributed by atoms with Crippen LogP contribution < -0.4 is 5.32 Å². The molecule has 1 aromatic heterocycles. The van der Waals surface area contributed by atoms with Crippen LogP contribution in [0.1, 0.15) is 15.9 Å². The van der Waals surface area contributed by atoms with E-state index in [0.29, 0.717) is 12.1 Å². The molecule has 0 aliphatic carbocycles. The summed E-state index contributed by atoms with van der Waals surface area (Å²) in [6, 6.07) is 17.3. The molecule has 0 saturated carbocycles. The van der Waals surface area contributed by atoms with Gasteiger partial charge in [-0.3, -0.25) is 9.89 Å². The number of aromatic nitrogens is 2. The molecule has 3 rings (SSSR count). The average Bonchev–Trinajstić information content (AvgIpc) is 3.08.